The van der Waals surface area contributed by atoms with E-state index in [1.165, 1.54) is 0 Å². The highest BCUT2D eigenvalue weighted by atomic mass is 16.6. The van der Waals surface area contributed by atoms with Gasteiger partial charge in [-0.1, -0.05) is 0 Å². The number of aromatic nitrogens is 3. The third-order valence-corrected chi connectivity index (χ3v) is 0.770. The van der Waals surface area contributed by atoms with Crippen LogP contribution in [-0.4, -0.2) is 15.2 Å². The molecule has 4 N–H and O–H groups in total. The Morgan fingerprint density at radius 2 is 2.56 bits per heavy atom. The van der Waals surface area contributed by atoms with E-state index in [1.807, 2.05) is 0 Å². The molecule has 0 spiro atoms. The molecule has 0 radical (unpaired) electrons. The molecule has 0 unspecified atom stereocenters. The van der Waals surface area contributed by atoms with Crippen molar-refractivity contribution in [3.63, 3.8) is 0 Å². The number of nitrogens with one attached hydrogen (secondary N) is 2. The Balaban J connectivity index is 2.73. The summed E-state index contributed by atoms with van der Waals surface area (Å²) in [5.74, 6) is 5.09. The molecule has 0 saturated carbocycles. The second-order valence-corrected chi connectivity index (χ2v) is 1.44. The Labute approximate surface area is 50.0 Å². The van der Waals surface area contributed by atoms with Gasteiger partial charge < -0.3 is 0 Å². The van der Waals surface area contributed by atoms with Gasteiger partial charge in [-0.05, 0) is 0 Å². The lowest BCUT2D eigenvalue weighted by molar-refractivity contribution is 0.118. The Kier molecular flexibility index (Phi) is 1.61. The van der Waals surface area contributed by atoms with Gasteiger partial charge in [0.05, 0.1) is 0 Å². The standard InChI is InChI=1S/C3H6N4O2/c4-9-1-2-5-3(8)7-6-2/h1,4H2,(H2,5,6,7,8). The van der Waals surface area contributed by atoms with E-state index >= 15 is 0 Å². The lowest BCUT2D eigenvalue weighted by atomic mass is 10.7. The monoisotopic (exact) mass is 130 g/mol. The molecule has 1 rings (SSSR count). The zero-order valence-corrected chi connectivity index (χ0v) is 4.55. The minimum atomic E-state index is -0.359. The molecule has 0 atom stereocenters. The number of nitrogens with two attached hydrogens (primary N) is 1. The van der Waals surface area contributed by atoms with Crippen molar-refractivity contribution in [1.29, 1.82) is 0 Å². The van der Waals surface area contributed by atoms with Crippen LogP contribution in [0.3, 0.4) is 0 Å². The SMILES string of the molecule is NOCc1n[nH]c(=O)[nH]1. The van der Waals surface area contributed by atoms with E-state index in [2.05, 4.69) is 20.0 Å². The molecule has 0 aromatic carbocycles. The van der Waals surface area contributed by atoms with Gasteiger partial charge in [-0.25, -0.2) is 15.8 Å². The predicted octanol–water partition coefficient (Wildman–Crippen LogP) is -1.51. The maximum atomic E-state index is 10.3. The molecular formula is C3H6N4O2. The van der Waals surface area contributed by atoms with Crippen molar-refractivity contribution >= 4 is 0 Å². The Morgan fingerprint density at radius 3 is 3.00 bits per heavy atom. The average Bonchev–Trinajstić information content (AvgIpc) is 2.17. The molecule has 0 fully saturated rings. The zero-order valence-electron chi connectivity index (χ0n) is 4.55. The van der Waals surface area contributed by atoms with Crippen LogP contribution < -0.4 is 11.6 Å². The highest BCUT2D eigenvalue weighted by Gasteiger charge is 1.93. The Bertz CT molecular complexity index is 226. The molecule has 50 valence electrons. The molecule has 1 heterocycles. The number of rotatable bonds is 2. The van der Waals surface area contributed by atoms with Crippen molar-refractivity contribution in [2.75, 3.05) is 0 Å². The predicted molar refractivity (Wildman–Crippen MR) is 28.2 cm³/mol. The van der Waals surface area contributed by atoms with E-state index in [0.717, 1.165) is 0 Å². The minimum Gasteiger partial charge on any atom is -0.296 e. The summed E-state index contributed by atoms with van der Waals surface area (Å²) in [6.07, 6.45) is 0. The summed E-state index contributed by atoms with van der Waals surface area (Å²) in [6, 6.07) is 0. The van der Waals surface area contributed by atoms with Crippen LogP contribution >= 0.6 is 0 Å². The number of hydrogen-bond donors (Lipinski definition) is 3. The van der Waals surface area contributed by atoms with Crippen molar-refractivity contribution in [3.05, 3.63) is 16.3 Å². The molecule has 1 aromatic rings. The smallest absolute Gasteiger partial charge is 0.296 e. The van der Waals surface area contributed by atoms with E-state index in [0.29, 0.717) is 5.82 Å². The van der Waals surface area contributed by atoms with Gasteiger partial charge in [-0.2, -0.15) is 5.10 Å². The van der Waals surface area contributed by atoms with Gasteiger partial charge in [-0.3, -0.25) is 9.82 Å². The number of nitrogens with zero attached hydrogens (tertiary/aromatic N) is 1. The number of H-pyrrole nitrogens is 2. The largest absolute Gasteiger partial charge is 0.340 e. The van der Waals surface area contributed by atoms with E-state index in [4.69, 9.17) is 5.90 Å². The van der Waals surface area contributed by atoms with Gasteiger partial charge in [0.15, 0.2) is 5.82 Å². The van der Waals surface area contributed by atoms with Gasteiger partial charge in [0.2, 0.25) is 0 Å². The lowest BCUT2D eigenvalue weighted by Gasteiger charge is -1.86. The summed E-state index contributed by atoms with van der Waals surface area (Å²) < 4.78 is 0. The average molecular weight is 130 g/mol. The van der Waals surface area contributed by atoms with Crippen LogP contribution in [0.15, 0.2) is 4.79 Å². The third kappa shape index (κ3) is 1.37. The third-order valence-electron chi connectivity index (χ3n) is 0.770. The summed E-state index contributed by atoms with van der Waals surface area (Å²) in [5.41, 5.74) is -0.359. The highest BCUT2D eigenvalue weighted by molar-refractivity contribution is 4.75. The van der Waals surface area contributed by atoms with Gasteiger partial charge in [-0.15, -0.1) is 0 Å². The zero-order chi connectivity index (χ0) is 6.69. The normalized spacial score (nSPS) is 9.89. The first-order chi connectivity index (χ1) is 4.33. The second-order valence-electron chi connectivity index (χ2n) is 1.44. The number of hydrogen-bond acceptors (Lipinski definition) is 4. The van der Waals surface area contributed by atoms with Crippen molar-refractivity contribution in [3.8, 4) is 0 Å². The van der Waals surface area contributed by atoms with Crippen molar-refractivity contribution in [2.24, 2.45) is 5.90 Å². The minimum absolute atomic E-state index is 0.110. The van der Waals surface area contributed by atoms with E-state index in [1.54, 1.807) is 0 Å². The molecule has 9 heavy (non-hydrogen) atoms. The molecule has 0 bridgehead atoms. The van der Waals surface area contributed by atoms with Crippen LogP contribution in [0.2, 0.25) is 0 Å². The maximum absolute atomic E-state index is 10.3. The van der Waals surface area contributed by atoms with Gasteiger partial charge in [0.1, 0.15) is 6.61 Å². The first kappa shape index (κ1) is 5.99. The fraction of sp³-hybridized carbons (Fsp3) is 0.333. The topological polar surface area (TPSA) is 96.8 Å². The highest BCUT2D eigenvalue weighted by Crippen LogP contribution is 1.80. The lowest BCUT2D eigenvalue weighted by Crippen LogP contribution is -2.03. The Morgan fingerprint density at radius 1 is 1.78 bits per heavy atom. The summed E-state index contributed by atoms with van der Waals surface area (Å²) in [7, 11) is 0. The summed E-state index contributed by atoms with van der Waals surface area (Å²) in [5, 5.41) is 5.66. The van der Waals surface area contributed by atoms with E-state index < -0.39 is 0 Å². The molecular weight excluding hydrogens is 124 g/mol. The molecule has 0 aliphatic rings. The van der Waals surface area contributed by atoms with Gasteiger partial charge in [0.25, 0.3) is 0 Å². The van der Waals surface area contributed by atoms with Crippen LogP contribution in [0.5, 0.6) is 0 Å². The van der Waals surface area contributed by atoms with E-state index in [9.17, 15) is 4.79 Å². The molecule has 0 amide bonds. The number of aromatic amines is 2. The van der Waals surface area contributed by atoms with Crippen LogP contribution in [0.1, 0.15) is 5.82 Å². The first-order valence-electron chi connectivity index (χ1n) is 2.28. The molecule has 6 heteroatoms. The van der Waals surface area contributed by atoms with Gasteiger partial charge >= 0.3 is 5.69 Å². The summed E-state index contributed by atoms with van der Waals surface area (Å²) >= 11 is 0. The van der Waals surface area contributed by atoms with Gasteiger partial charge in [0, 0.05) is 0 Å². The van der Waals surface area contributed by atoms with Crippen molar-refractivity contribution in [2.45, 2.75) is 6.61 Å². The van der Waals surface area contributed by atoms with Crippen LogP contribution in [0, 0.1) is 0 Å². The molecule has 1 aromatic heterocycles. The molecule has 0 aliphatic carbocycles. The first-order valence-corrected chi connectivity index (χ1v) is 2.28. The second kappa shape index (κ2) is 2.42. The quantitative estimate of drug-likeness (QED) is 0.424. The fourth-order valence-corrected chi connectivity index (χ4v) is 0.452. The van der Waals surface area contributed by atoms with E-state index in [-0.39, 0.29) is 12.3 Å². The molecule has 6 nitrogen and oxygen atoms in total. The maximum Gasteiger partial charge on any atom is 0.340 e. The van der Waals surface area contributed by atoms with Crippen LogP contribution in [-0.2, 0) is 11.4 Å². The van der Waals surface area contributed by atoms with Crippen LogP contribution in [0.4, 0.5) is 0 Å². The molecule has 0 aliphatic heterocycles. The summed E-state index contributed by atoms with van der Waals surface area (Å²) in [4.78, 5) is 16.8. The molecule has 0 saturated heterocycles. The Hall–Kier alpha value is -1.14. The van der Waals surface area contributed by atoms with Crippen LogP contribution in [0.25, 0.3) is 0 Å². The summed E-state index contributed by atoms with van der Waals surface area (Å²) in [6.45, 7) is 0.110. The fourth-order valence-electron chi connectivity index (χ4n) is 0.452. The van der Waals surface area contributed by atoms with Crippen molar-refractivity contribution in [1.82, 2.24) is 15.2 Å². The van der Waals surface area contributed by atoms with Crippen molar-refractivity contribution < 1.29 is 4.84 Å².